The summed E-state index contributed by atoms with van der Waals surface area (Å²) < 4.78 is 2.09. The predicted octanol–water partition coefficient (Wildman–Crippen LogP) is 2.34. The molecule has 14 heavy (non-hydrogen) atoms. The van der Waals surface area contributed by atoms with Gasteiger partial charge >= 0.3 is 0 Å². The number of fused-ring (bicyclic) bond motifs is 1. The van der Waals surface area contributed by atoms with Crippen molar-refractivity contribution >= 4 is 11.0 Å². The van der Waals surface area contributed by atoms with E-state index in [0.29, 0.717) is 6.42 Å². The number of rotatable bonds is 3. The molecule has 0 fully saturated rings. The minimum atomic E-state index is 0.604. The molecule has 2 rings (SSSR count). The van der Waals surface area contributed by atoms with Crippen LogP contribution in [0.4, 0.5) is 0 Å². The van der Waals surface area contributed by atoms with Gasteiger partial charge in [-0.15, -0.1) is 0 Å². The van der Waals surface area contributed by atoms with Crippen molar-refractivity contribution < 1.29 is 0 Å². The fraction of sp³-hybridized carbons (Fsp3) is 0.273. The summed E-state index contributed by atoms with van der Waals surface area (Å²) in [5.41, 5.74) is 2.16. The maximum atomic E-state index is 8.43. The summed E-state index contributed by atoms with van der Waals surface area (Å²) in [5.74, 6) is 0. The number of hydrogen-bond acceptors (Lipinski definition) is 2. The summed E-state index contributed by atoms with van der Waals surface area (Å²) in [6.07, 6.45) is 3.32. The molecule has 1 heterocycles. The van der Waals surface area contributed by atoms with Crippen LogP contribution in [0.2, 0.25) is 0 Å². The molecule has 3 nitrogen and oxygen atoms in total. The minimum Gasteiger partial charge on any atom is -0.331 e. The molecule has 1 aromatic heterocycles. The molecule has 0 aliphatic heterocycles. The van der Waals surface area contributed by atoms with Crippen LogP contribution in [-0.2, 0) is 6.54 Å². The van der Waals surface area contributed by atoms with Crippen molar-refractivity contribution in [3.63, 3.8) is 0 Å². The molecule has 0 aliphatic carbocycles. The van der Waals surface area contributed by atoms with Crippen LogP contribution >= 0.6 is 0 Å². The first-order chi connectivity index (χ1) is 6.92. The summed E-state index contributed by atoms with van der Waals surface area (Å²) in [5, 5.41) is 8.43. The molecule has 0 aliphatic rings. The fourth-order valence-electron chi connectivity index (χ4n) is 1.52. The van der Waals surface area contributed by atoms with Crippen LogP contribution in [-0.4, -0.2) is 9.55 Å². The van der Waals surface area contributed by atoms with Crippen molar-refractivity contribution in [3.05, 3.63) is 30.6 Å². The van der Waals surface area contributed by atoms with E-state index in [1.807, 2.05) is 24.5 Å². The Labute approximate surface area is 82.6 Å². The van der Waals surface area contributed by atoms with Crippen LogP contribution in [0, 0.1) is 11.3 Å². The van der Waals surface area contributed by atoms with E-state index in [-0.39, 0.29) is 0 Å². The van der Waals surface area contributed by atoms with Gasteiger partial charge in [-0.25, -0.2) is 4.98 Å². The third kappa shape index (κ3) is 1.60. The first kappa shape index (κ1) is 8.76. The number of nitriles is 1. The summed E-state index contributed by atoms with van der Waals surface area (Å²) in [4.78, 5) is 4.28. The Kier molecular flexibility index (Phi) is 2.46. The van der Waals surface area contributed by atoms with Gasteiger partial charge in [0.05, 0.1) is 23.4 Å². The van der Waals surface area contributed by atoms with Crippen molar-refractivity contribution in [2.75, 3.05) is 0 Å². The zero-order valence-corrected chi connectivity index (χ0v) is 7.85. The normalized spacial score (nSPS) is 10.2. The second-order valence-corrected chi connectivity index (χ2v) is 3.19. The molecule has 0 atom stereocenters. The van der Waals surface area contributed by atoms with E-state index in [1.165, 1.54) is 0 Å². The Morgan fingerprint density at radius 3 is 3.07 bits per heavy atom. The first-order valence-electron chi connectivity index (χ1n) is 4.68. The molecule has 0 spiro atoms. The standard InChI is InChI=1S/C11H11N3/c12-7-3-4-8-14-9-13-10-5-1-2-6-11(10)14/h1-2,5-6,9H,3-4,8H2. The number of nitrogens with zero attached hydrogens (tertiary/aromatic N) is 3. The summed E-state index contributed by atoms with van der Waals surface area (Å²) in [7, 11) is 0. The molecule has 3 heteroatoms. The minimum absolute atomic E-state index is 0.604. The Morgan fingerprint density at radius 1 is 1.36 bits per heavy atom. The van der Waals surface area contributed by atoms with Gasteiger partial charge in [-0.1, -0.05) is 12.1 Å². The highest BCUT2D eigenvalue weighted by Gasteiger charge is 1.99. The van der Waals surface area contributed by atoms with Crippen molar-refractivity contribution in [3.8, 4) is 6.07 Å². The molecular formula is C11H11N3. The lowest BCUT2D eigenvalue weighted by Gasteiger charge is -2.00. The van der Waals surface area contributed by atoms with Gasteiger partial charge in [0.15, 0.2) is 0 Å². The van der Waals surface area contributed by atoms with Gasteiger partial charge in [0.1, 0.15) is 0 Å². The molecule has 0 amide bonds. The predicted molar refractivity (Wildman–Crippen MR) is 54.6 cm³/mol. The average Bonchev–Trinajstić information content (AvgIpc) is 2.63. The van der Waals surface area contributed by atoms with E-state index in [2.05, 4.69) is 21.7 Å². The van der Waals surface area contributed by atoms with Gasteiger partial charge in [-0.3, -0.25) is 0 Å². The molecule has 0 saturated carbocycles. The summed E-state index contributed by atoms with van der Waals surface area (Å²) in [6.45, 7) is 0.869. The van der Waals surface area contributed by atoms with Gasteiger partial charge in [-0.05, 0) is 18.6 Å². The van der Waals surface area contributed by atoms with E-state index >= 15 is 0 Å². The Morgan fingerprint density at radius 2 is 2.21 bits per heavy atom. The van der Waals surface area contributed by atoms with E-state index in [0.717, 1.165) is 24.0 Å². The Bertz CT molecular complexity index is 465. The van der Waals surface area contributed by atoms with Crippen LogP contribution in [0.1, 0.15) is 12.8 Å². The highest BCUT2D eigenvalue weighted by atomic mass is 15.0. The molecular weight excluding hydrogens is 174 g/mol. The van der Waals surface area contributed by atoms with Gasteiger partial charge in [0, 0.05) is 13.0 Å². The summed E-state index contributed by atoms with van der Waals surface area (Å²) >= 11 is 0. The van der Waals surface area contributed by atoms with Crippen LogP contribution in [0.25, 0.3) is 11.0 Å². The van der Waals surface area contributed by atoms with Gasteiger partial charge in [0.2, 0.25) is 0 Å². The van der Waals surface area contributed by atoms with Gasteiger partial charge in [-0.2, -0.15) is 5.26 Å². The van der Waals surface area contributed by atoms with Crippen LogP contribution < -0.4 is 0 Å². The second-order valence-electron chi connectivity index (χ2n) is 3.19. The third-order valence-corrected chi connectivity index (χ3v) is 2.21. The van der Waals surface area contributed by atoms with Gasteiger partial charge < -0.3 is 4.57 Å². The fourth-order valence-corrected chi connectivity index (χ4v) is 1.52. The molecule has 0 N–H and O–H groups in total. The average molecular weight is 185 g/mol. The van der Waals surface area contributed by atoms with Crippen LogP contribution in [0.15, 0.2) is 30.6 Å². The summed E-state index contributed by atoms with van der Waals surface area (Å²) in [6, 6.07) is 10.2. The SMILES string of the molecule is N#CCCCn1cnc2ccccc21. The zero-order valence-electron chi connectivity index (χ0n) is 7.85. The quantitative estimate of drug-likeness (QED) is 0.689. The lowest BCUT2D eigenvalue weighted by atomic mass is 10.3. The molecule has 0 unspecified atom stereocenters. The number of unbranched alkanes of at least 4 members (excludes halogenated alkanes) is 1. The van der Waals surface area contributed by atoms with Crippen molar-refractivity contribution in [2.24, 2.45) is 0 Å². The van der Waals surface area contributed by atoms with Crippen molar-refractivity contribution in [2.45, 2.75) is 19.4 Å². The van der Waals surface area contributed by atoms with E-state index < -0.39 is 0 Å². The highest BCUT2D eigenvalue weighted by molar-refractivity contribution is 5.74. The number of aromatic nitrogens is 2. The molecule has 0 radical (unpaired) electrons. The van der Waals surface area contributed by atoms with Crippen molar-refractivity contribution in [1.29, 1.82) is 5.26 Å². The molecule has 0 saturated heterocycles. The maximum Gasteiger partial charge on any atom is 0.0958 e. The van der Waals surface area contributed by atoms with Crippen LogP contribution in [0.5, 0.6) is 0 Å². The smallest absolute Gasteiger partial charge is 0.0958 e. The maximum absolute atomic E-state index is 8.43. The molecule has 0 bridgehead atoms. The Balaban J connectivity index is 2.22. The number of hydrogen-bond donors (Lipinski definition) is 0. The second kappa shape index (κ2) is 3.93. The number of benzene rings is 1. The van der Waals surface area contributed by atoms with Crippen molar-refractivity contribution in [1.82, 2.24) is 9.55 Å². The molecule has 2 aromatic rings. The molecule has 1 aromatic carbocycles. The van der Waals surface area contributed by atoms with Crippen LogP contribution in [0.3, 0.4) is 0 Å². The first-order valence-corrected chi connectivity index (χ1v) is 4.68. The third-order valence-electron chi connectivity index (χ3n) is 2.21. The lowest BCUT2D eigenvalue weighted by molar-refractivity contribution is 0.669. The largest absolute Gasteiger partial charge is 0.331 e. The molecule has 70 valence electrons. The van der Waals surface area contributed by atoms with Gasteiger partial charge in [0.25, 0.3) is 0 Å². The number of imidazole rings is 1. The highest BCUT2D eigenvalue weighted by Crippen LogP contribution is 2.12. The lowest BCUT2D eigenvalue weighted by Crippen LogP contribution is -1.94. The topological polar surface area (TPSA) is 41.6 Å². The van der Waals surface area contributed by atoms with E-state index in [1.54, 1.807) is 0 Å². The van der Waals surface area contributed by atoms with E-state index in [9.17, 15) is 0 Å². The zero-order chi connectivity index (χ0) is 9.80. The Hall–Kier alpha value is -1.82. The number of para-hydroxylation sites is 2. The number of aryl methyl sites for hydroxylation is 1. The van der Waals surface area contributed by atoms with E-state index in [4.69, 9.17) is 5.26 Å². The monoisotopic (exact) mass is 185 g/mol.